The summed E-state index contributed by atoms with van der Waals surface area (Å²) in [5, 5.41) is 0.0642. The van der Waals surface area contributed by atoms with Gasteiger partial charge in [0.15, 0.2) is 28.4 Å². The van der Waals surface area contributed by atoms with Gasteiger partial charge in [-0.2, -0.15) is 0 Å². The second kappa shape index (κ2) is 10.8. The Morgan fingerprint density at radius 2 is 1.70 bits per heavy atom. The zero-order valence-corrected chi connectivity index (χ0v) is 23.2. The molecule has 43 heavy (non-hydrogen) atoms. The lowest BCUT2D eigenvalue weighted by Crippen LogP contribution is -2.29. The average Bonchev–Trinajstić information content (AvgIpc) is 3.60. The molecule has 1 aromatic heterocycles. The average molecular weight is 580 g/mol. The van der Waals surface area contributed by atoms with Crippen LogP contribution in [0.2, 0.25) is 0 Å². The molecule has 0 saturated heterocycles. The largest absolute Gasteiger partial charge is 0.490 e. The highest BCUT2D eigenvalue weighted by molar-refractivity contribution is 5.99. The molecule has 0 bridgehead atoms. The number of hydrogen-bond acceptors (Lipinski definition) is 7. The van der Waals surface area contributed by atoms with Crippen LogP contribution in [-0.4, -0.2) is 24.2 Å². The number of benzene rings is 4. The number of hydrogen-bond donors (Lipinski definition) is 0. The van der Waals surface area contributed by atoms with Gasteiger partial charge in [0.2, 0.25) is 12.6 Å². The van der Waals surface area contributed by atoms with Crippen LogP contribution in [0.3, 0.4) is 0 Å². The Hall–Kier alpha value is -5.31. The van der Waals surface area contributed by atoms with Crippen LogP contribution >= 0.6 is 0 Å². The number of halogens is 1. The van der Waals surface area contributed by atoms with Gasteiger partial charge in [-0.15, -0.1) is 0 Å². The van der Waals surface area contributed by atoms with E-state index in [2.05, 4.69) is 0 Å². The molecule has 4 aromatic carbocycles. The maximum atomic E-state index is 14.2. The number of carbonyl (C=O) groups excluding carboxylic acids is 1. The minimum Gasteiger partial charge on any atom is -0.490 e. The molecule has 9 heteroatoms. The maximum Gasteiger partial charge on any atom is 0.291 e. The first kappa shape index (κ1) is 26.6. The number of ether oxygens (including phenoxy) is 4. The molecule has 7 rings (SSSR count). The van der Waals surface area contributed by atoms with Crippen LogP contribution < -0.4 is 24.4 Å². The number of carbonyl (C=O) groups is 1. The van der Waals surface area contributed by atoms with Crippen LogP contribution in [0.15, 0.2) is 94.1 Å². The van der Waals surface area contributed by atoms with E-state index < -0.39 is 23.2 Å². The van der Waals surface area contributed by atoms with Gasteiger partial charge in [0.05, 0.1) is 23.6 Å². The van der Waals surface area contributed by atoms with Crippen LogP contribution in [0.4, 0.5) is 4.39 Å². The monoisotopic (exact) mass is 579 g/mol. The molecule has 0 radical (unpaired) electrons. The summed E-state index contributed by atoms with van der Waals surface area (Å²) in [6.07, 6.45) is 0. The smallest absolute Gasteiger partial charge is 0.291 e. The molecule has 1 unspecified atom stereocenters. The summed E-state index contributed by atoms with van der Waals surface area (Å²) < 4.78 is 43.2. The van der Waals surface area contributed by atoms with Gasteiger partial charge in [-0.1, -0.05) is 42.5 Å². The van der Waals surface area contributed by atoms with Crippen LogP contribution in [0, 0.1) is 5.82 Å². The Balaban J connectivity index is 1.33. The van der Waals surface area contributed by atoms with E-state index in [1.54, 1.807) is 29.2 Å². The van der Waals surface area contributed by atoms with E-state index in [9.17, 15) is 14.0 Å². The molecule has 1 amide bonds. The van der Waals surface area contributed by atoms with Gasteiger partial charge in [0.25, 0.3) is 5.91 Å². The molecule has 0 saturated carbocycles. The van der Waals surface area contributed by atoms with Crippen molar-refractivity contribution in [1.29, 1.82) is 0 Å². The first-order valence-electron chi connectivity index (χ1n) is 13.9. The standard InChI is InChI=1S/C34H26FNO7/c1-2-39-29-15-22(9-12-26(29)40-18-20-6-4-3-5-7-20)31-30-32(37)24-16-23(35)10-13-25(24)43-33(30)34(38)36(31)17-21-8-11-27-28(14-21)42-19-41-27/h3-16,31H,2,17-19H2,1H3. The topological polar surface area (TPSA) is 87.4 Å². The fourth-order valence-corrected chi connectivity index (χ4v) is 5.56. The van der Waals surface area contributed by atoms with Crippen molar-refractivity contribution in [3.05, 3.63) is 129 Å². The maximum absolute atomic E-state index is 14.2. The molecule has 0 N–H and O–H groups in total. The molecule has 8 nitrogen and oxygen atoms in total. The van der Waals surface area contributed by atoms with E-state index in [-0.39, 0.29) is 35.6 Å². The Bertz CT molecular complexity index is 1920. The highest BCUT2D eigenvalue weighted by atomic mass is 19.1. The Kier molecular flexibility index (Phi) is 6.69. The first-order chi connectivity index (χ1) is 21.0. The quantitative estimate of drug-likeness (QED) is 0.211. The Morgan fingerprint density at radius 1 is 0.860 bits per heavy atom. The summed E-state index contributed by atoms with van der Waals surface area (Å²) >= 11 is 0. The third-order valence-corrected chi connectivity index (χ3v) is 7.54. The molecule has 0 fully saturated rings. The van der Waals surface area contributed by atoms with Gasteiger partial charge >= 0.3 is 0 Å². The van der Waals surface area contributed by atoms with Crippen molar-refractivity contribution in [2.24, 2.45) is 0 Å². The Morgan fingerprint density at radius 3 is 2.53 bits per heavy atom. The predicted molar refractivity (Wildman–Crippen MR) is 155 cm³/mol. The molecular formula is C34H26FNO7. The van der Waals surface area contributed by atoms with Crippen molar-refractivity contribution >= 4 is 16.9 Å². The molecule has 2 aliphatic rings. The van der Waals surface area contributed by atoms with Crippen molar-refractivity contribution < 1.29 is 32.5 Å². The van der Waals surface area contributed by atoms with Crippen molar-refractivity contribution in [2.75, 3.05) is 13.4 Å². The number of rotatable bonds is 8. The van der Waals surface area contributed by atoms with Gasteiger partial charge in [0.1, 0.15) is 18.0 Å². The minimum absolute atomic E-state index is 0.0642. The van der Waals surface area contributed by atoms with E-state index in [1.165, 1.54) is 12.1 Å². The summed E-state index contributed by atoms with van der Waals surface area (Å²) in [6.45, 7) is 2.84. The minimum atomic E-state index is -0.834. The number of fused-ring (bicyclic) bond motifs is 3. The molecular weight excluding hydrogens is 553 g/mol. The number of amides is 1. The zero-order chi connectivity index (χ0) is 29.5. The van der Waals surface area contributed by atoms with E-state index in [0.717, 1.165) is 17.2 Å². The second-order valence-corrected chi connectivity index (χ2v) is 10.3. The van der Waals surface area contributed by atoms with E-state index in [4.69, 9.17) is 23.4 Å². The van der Waals surface area contributed by atoms with E-state index in [1.807, 2.05) is 49.4 Å². The fourth-order valence-electron chi connectivity index (χ4n) is 5.56. The van der Waals surface area contributed by atoms with Crippen molar-refractivity contribution in [1.82, 2.24) is 4.90 Å². The highest BCUT2D eigenvalue weighted by Crippen LogP contribution is 2.43. The van der Waals surface area contributed by atoms with Gasteiger partial charge in [0, 0.05) is 6.54 Å². The second-order valence-electron chi connectivity index (χ2n) is 10.3. The van der Waals surface area contributed by atoms with Gasteiger partial charge < -0.3 is 28.3 Å². The van der Waals surface area contributed by atoms with Gasteiger partial charge in [-0.05, 0) is 66.1 Å². The highest BCUT2D eigenvalue weighted by Gasteiger charge is 2.43. The van der Waals surface area contributed by atoms with Gasteiger partial charge in [-0.25, -0.2) is 4.39 Å². The molecule has 0 spiro atoms. The molecule has 5 aromatic rings. The van der Waals surface area contributed by atoms with Gasteiger partial charge in [-0.3, -0.25) is 9.59 Å². The van der Waals surface area contributed by atoms with E-state index in [0.29, 0.717) is 41.8 Å². The van der Waals surface area contributed by atoms with Crippen LogP contribution in [0.25, 0.3) is 11.0 Å². The lowest BCUT2D eigenvalue weighted by Gasteiger charge is -2.26. The normalized spacial score (nSPS) is 15.2. The molecule has 2 aliphatic heterocycles. The van der Waals surface area contributed by atoms with E-state index >= 15 is 0 Å². The lowest BCUT2D eigenvalue weighted by molar-refractivity contribution is 0.0714. The Labute approximate surface area is 245 Å². The van der Waals surface area contributed by atoms with Crippen LogP contribution in [-0.2, 0) is 13.2 Å². The zero-order valence-electron chi connectivity index (χ0n) is 23.2. The summed E-state index contributed by atoms with van der Waals surface area (Å²) in [7, 11) is 0. The molecule has 1 atom stereocenters. The third-order valence-electron chi connectivity index (χ3n) is 7.54. The SMILES string of the molecule is CCOc1cc(C2c3c(oc4ccc(F)cc4c3=O)C(=O)N2Cc2ccc3c(c2)OCO3)ccc1OCc1ccccc1. The first-order valence-corrected chi connectivity index (χ1v) is 13.9. The van der Waals surface area contributed by atoms with Crippen molar-refractivity contribution in [3.63, 3.8) is 0 Å². The summed E-state index contributed by atoms with van der Waals surface area (Å²) in [6, 6.07) is 23.4. The van der Waals surface area contributed by atoms with Crippen LogP contribution in [0.1, 0.15) is 45.8 Å². The lowest BCUT2D eigenvalue weighted by atomic mass is 9.97. The van der Waals surface area contributed by atoms with Crippen molar-refractivity contribution in [2.45, 2.75) is 26.1 Å². The molecule has 3 heterocycles. The molecule has 216 valence electrons. The third kappa shape index (κ3) is 4.82. The summed E-state index contributed by atoms with van der Waals surface area (Å²) in [5.41, 5.74) is 2.20. The summed E-state index contributed by atoms with van der Waals surface area (Å²) in [5.74, 6) is 1.09. The summed E-state index contributed by atoms with van der Waals surface area (Å²) in [4.78, 5) is 29.4. The van der Waals surface area contributed by atoms with Crippen molar-refractivity contribution in [3.8, 4) is 23.0 Å². The fraction of sp³-hybridized carbons (Fsp3) is 0.176. The molecule has 0 aliphatic carbocycles. The number of nitrogens with zero attached hydrogens (tertiary/aromatic N) is 1. The van der Waals surface area contributed by atoms with Crippen LogP contribution in [0.5, 0.6) is 23.0 Å². The predicted octanol–water partition coefficient (Wildman–Crippen LogP) is 6.38.